The fraction of sp³-hybridized carbons (Fsp3) is 0.350. The van der Waals surface area contributed by atoms with Gasteiger partial charge in [0.25, 0.3) is 0 Å². The van der Waals surface area contributed by atoms with E-state index in [1.807, 2.05) is 36.4 Å². The van der Waals surface area contributed by atoms with Crippen molar-refractivity contribution in [2.24, 2.45) is 0 Å². The Kier molecular flexibility index (Phi) is 6.82. The molecule has 2 rings (SSSR count). The van der Waals surface area contributed by atoms with Gasteiger partial charge >= 0.3 is 0 Å². The van der Waals surface area contributed by atoms with E-state index < -0.39 is 0 Å². The van der Waals surface area contributed by atoms with E-state index in [1.54, 1.807) is 0 Å². The highest BCUT2D eigenvalue weighted by molar-refractivity contribution is 5.78. The Hall–Kier alpha value is -2.13. The van der Waals surface area contributed by atoms with Crippen LogP contribution in [0, 0.1) is 0 Å². The highest BCUT2D eigenvalue weighted by Crippen LogP contribution is 2.07. The van der Waals surface area contributed by atoms with Crippen LogP contribution in [-0.2, 0) is 17.8 Å². The number of hydrogen-bond acceptors (Lipinski definition) is 2. The Balaban J connectivity index is 1.79. The molecule has 0 saturated carbocycles. The summed E-state index contributed by atoms with van der Waals surface area (Å²) in [5, 5.41) is 3.02. The first-order chi connectivity index (χ1) is 11.1. The van der Waals surface area contributed by atoms with E-state index in [2.05, 4.69) is 48.3 Å². The second kappa shape index (κ2) is 9.11. The number of amides is 1. The number of carbonyl (C=O) groups is 1. The van der Waals surface area contributed by atoms with Crippen molar-refractivity contribution in [1.29, 1.82) is 0 Å². The van der Waals surface area contributed by atoms with Crippen LogP contribution in [0.25, 0.3) is 0 Å². The molecule has 2 aromatic carbocycles. The zero-order chi connectivity index (χ0) is 16.5. The van der Waals surface area contributed by atoms with Gasteiger partial charge in [0.05, 0.1) is 6.54 Å². The maximum absolute atomic E-state index is 12.2. The molecule has 0 radical (unpaired) electrons. The molecule has 0 aliphatic heterocycles. The topological polar surface area (TPSA) is 32.3 Å². The van der Waals surface area contributed by atoms with E-state index in [0.29, 0.717) is 19.1 Å². The van der Waals surface area contributed by atoms with E-state index in [4.69, 9.17) is 0 Å². The van der Waals surface area contributed by atoms with Crippen LogP contribution in [0.2, 0.25) is 0 Å². The molecule has 2 aromatic rings. The summed E-state index contributed by atoms with van der Waals surface area (Å²) in [5.74, 6) is 0.0885. The van der Waals surface area contributed by atoms with Crippen LogP contribution in [0.3, 0.4) is 0 Å². The lowest BCUT2D eigenvalue weighted by Crippen LogP contribution is -2.40. The first-order valence-corrected chi connectivity index (χ1v) is 8.24. The van der Waals surface area contributed by atoms with Gasteiger partial charge in [0.2, 0.25) is 5.91 Å². The minimum Gasteiger partial charge on any atom is -0.355 e. The Labute approximate surface area is 139 Å². The third kappa shape index (κ3) is 6.25. The summed E-state index contributed by atoms with van der Waals surface area (Å²) in [7, 11) is 0. The lowest BCUT2D eigenvalue weighted by atomic mass is 10.1. The quantitative estimate of drug-likeness (QED) is 0.812. The van der Waals surface area contributed by atoms with E-state index in [0.717, 1.165) is 13.0 Å². The third-order valence-electron chi connectivity index (χ3n) is 3.88. The van der Waals surface area contributed by atoms with E-state index in [-0.39, 0.29) is 5.91 Å². The number of benzene rings is 2. The Morgan fingerprint density at radius 3 is 2.09 bits per heavy atom. The largest absolute Gasteiger partial charge is 0.355 e. The summed E-state index contributed by atoms with van der Waals surface area (Å²) in [6, 6.07) is 20.8. The number of carbonyl (C=O) groups excluding carboxylic acids is 1. The smallest absolute Gasteiger partial charge is 0.234 e. The van der Waals surface area contributed by atoms with Gasteiger partial charge in [0.1, 0.15) is 0 Å². The Morgan fingerprint density at radius 1 is 0.957 bits per heavy atom. The maximum atomic E-state index is 12.2. The standard InChI is InChI=1S/C20H26N2O/c1-17(2)22(15-19-11-7-4-8-12-19)16-20(23)21-14-13-18-9-5-3-6-10-18/h3-12,17H,13-16H2,1-2H3,(H,21,23). The van der Waals surface area contributed by atoms with Crippen LogP contribution in [0.15, 0.2) is 60.7 Å². The summed E-state index contributed by atoms with van der Waals surface area (Å²) in [4.78, 5) is 14.4. The Morgan fingerprint density at radius 2 is 1.52 bits per heavy atom. The molecule has 0 saturated heterocycles. The molecule has 0 heterocycles. The lowest BCUT2D eigenvalue weighted by molar-refractivity contribution is -0.122. The highest BCUT2D eigenvalue weighted by atomic mass is 16.2. The van der Waals surface area contributed by atoms with Gasteiger partial charge in [-0.2, -0.15) is 0 Å². The minimum atomic E-state index is 0.0885. The van der Waals surface area contributed by atoms with Crippen LogP contribution in [0.5, 0.6) is 0 Å². The molecule has 0 unspecified atom stereocenters. The zero-order valence-electron chi connectivity index (χ0n) is 14.0. The van der Waals surface area contributed by atoms with Crippen molar-refractivity contribution in [3.8, 4) is 0 Å². The summed E-state index contributed by atoms with van der Waals surface area (Å²) in [6.45, 7) is 6.16. The predicted molar refractivity (Wildman–Crippen MR) is 95.1 cm³/mol. The van der Waals surface area contributed by atoms with Crippen LogP contribution < -0.4 is 5.32 Å². The SMILES string of the molecule is CC(C)N(CC(=O)NCCc1ccccc1)Cc1ccccc1. The summed E-state index contributed by atoms with van der Waals surface area (Å²) >= 11 is 0. The highest BCUT2D eigenvalue weighted by Gasteiger charge is 2.14. The zero-order valence-corrected chi connectivity index (χ0v) is 14.0. The average Bonchev–Trinajstić information content (AvgIpc) is 2.56. The molecular weight excluding hydrogens is 284 g/mol. The average molecular weight is 310 g/mol. The van der Waals surface area contributed by atoms with Crippen LogP contribution in [-0.4, -0.2) is 29.9 Å². The van der Waals surface area contributed by atoms with E-state index in [1.165, 1.54) is 11.1 Å². The fourth-order valence-electron chi connectivity index (χ4n) is 2.47. The van der Waals surface area contributed by atoms with Crippen molar-refractivity contribution < 1.29 is 4.79 Å². The van der Waals surface area contributed by atoms with Gasteiger partial charge in [0, 0.05) is 19.1 Å². The maximum Gasteiger partial charge on any atom is 0.234 e. The van der Waals surface area contributed by atoms with Crippen molar-refractivity contribution >= 4 is 5.91 Å². The summed E-state index contributed by atoms with van der Waals surface area (Å²) in [6.07, 6.45) is 0.868. The summed E-state index contributed by atoms with van der Waals surface area (Å²) < 4.78 is 0. The fourth-order valence-corrected chi connectivity index (χ4v) is 2.47. The Bertz CT molecular complexity index is 581. The van der Waals surface area contributed by atoms with Gasteiger partial charge in [-0.05, 0) is 31.4 Å². The predicted octanol–water partition coefficient (Wildman–Crippen LogP) is 3.26. The number of rotatable bonds is 8. The van der Waals surface area contributed by atoms with Crippen molar-refractivity contribution in [2.45, 2.75) is 32.9 Å². The molecule has 1 N–H and O–H groups in total. The first-order valence-electron chi connectivity index (χ1n) is 8.24. The molecule has 0 aliphatic carbocycles. The second-order valence-electron chi connectivity index (χ2n) is 6.07. The van der Waals surface area contributed by atoms with Gasteiger partial charge in [-0.25, -0.2) is 0 Å². The molecule has 3 heteroatoms. The van der Waals surface area contributed by atoms with Crippen LogP contribution in [0.4, 0.5) is 0 Å². The molecule has 0 fully saturated rings. The number of nitrogens with one attached hydrogen (secondary N) is 1. The van der Waals surface area contributed by atoms with Gasteiger partial charge in [-0.1, -0.05) is 60.7 Å². The molecule has 0 aromatic heterocycles. The molecule has 0 bridgehead atoms. The molecule has 1 amide bonds. The van der Waals surface area contributed by atoms with Gasteiger partial charge < -0.3 is 5.32 Å². The molecule has 3 nitrogen and oxygen atoms in total. The molecule has 122 valence electrons. The molecule has 0 spiro atoms. The molecule has 0 aliphatic rings. The number of hydrogen-bond donors (Lipinski definition) is 1. The van der Waals surface area contributed by atoms with Crippen molar-refractivity contribution in [2.75, 3.05) is 13.1 Å². The van der Waals surface area contributed by atoms with E-state index in [9.17, 15) is 4.79 Å². The monoisotopic (exact) mass is 310 g/mol. The minimum absolute atomic E-state index is 0.0885. The lowest BCUT2D eigenvalue weighted by Gasteiger charge is -2.26. The summed E-state index contributed by atoms with van der Waals surface area (Å²) in [5.41, 5.74) is 2.48. The van der Waals surface area contributed by atoms with E-state index >= 15 is 0 Å². The van der Waals surface area contributed by atoms with Crippen LogP contribution in [0.1, 0.15) is 25.0 Å². The first kappa shape index (κ1) is 17.2. The van der Waals surface area contributed by atoms with Gasteiger partial charge in [0.15, 0.2) is 0 Å². The van der Waals surface area contributed by atoms with Gasteiger partial charge in [-0.15, -0.1) is 0 Å². The van der Waals surface area contributed by atoms with Crippen molar-refractivity contribution in [3.63, 3.8) is 0 Å². The van der Waals surface area contributed by atoms with Crippen molar-refractivity contribution in [1.82, 2.24) is 10.2 Å². The second-order valence-corrected chi connectivity index (χ2v) is 6.07. The normalized spacial score (nSPS) is 11.0. The molecular formula is C20H26N2O. The van der Waals surface area contributed by atoms with Crippen LogP contribution >= 0.6 is 0 Å². The number of nitrogens with zero attached hydrogens (tertiary/aromatic N) is 1. The van der Waals surface area contributed by atoms with Gasteiger partial charge in [-0.3, -0.25) is 9.69 Å². The molecule has 23 heavy (non-hydrogen) atoms. The molecule has 0 atom stereocenters. The third-order valence-corrected chi connectivity index (χ3v) is 3.88. The van der Waals surface area contributed by atoms with Crippen molar-refractivity contribution in [3.05, 3.63) is 71.8 Å².